The minimum atomic E-state index is 0.519. The van der Waals surface area contributed by atoms with Crippen molar-refractivity contribution >= 4 is 0 Å². The van der Waals surface area contributed by atoms with E-state index in [0.717, 1.165) is 38.2 Å². The SMILES string of the molecule is C=CCC(C)NCCc1ccc2c(c1)CCO2. The van der Waals surface area contributed by atoms with E-state index >= 15 is 0 Å². The molecular formula is C15H21NO. The third kappa shape index (κ3) is 3.34. The first kappa shape index (κ1) is 12.2. The average Bonchev–Trinajstić information content (AvgIpc) is 2.76. The molecule has 1 N–H and O–H groups in total. The van der Waals surface area contributed by atoms with Gasteiger partial charge in [0.15, 0.2) is 0 Å². The van der Waals surface area contributed by atoms with Gasteiger partial charge < -0.3 is 10.1 Å². The van der Waals surface area contributed by atoms with Gasteiger partial charge in [-0.25, -0.2) is 0 Å². The molecule has 92 valence electrons. The van der Waals surface area contributed by atoms with Gasteiger partial charge in [-0.15, -0.1) is 6.58 Å². The summed E-state index contributed by atoms with van der Waals surface area (Å²) in [6.45, 7) is 7.81. The van der Waals surface area contributed by atoms with E-state index in [4.69, 9.17) is 4.74 Å². The van der Waals surface area contributed by atoms with E-state index in [0.29, 0.717) is 6.04 Å². The van der Waals surface area contributed by atoms with Crippen molar-refractivity contribution in [2.75, 3.05) is 13.2 Å². The zero-order valence-electron chi connectivity index (χ0n) is 10.5. The lowest BCUT2D eigenvalue weighted by molar-refractivity contribution is 0.357. The standard InChI is InChI=1S/C15H21NO/c1-3-4-12(2)16-9-7-13-5-6-15-14(11-13)8-10-17-15/h3,5-6,11-12,16H,1,4,7-10H2,2H3. The van der Waals surface area contributed by atoms with E-state index in [1.54, 1.807) is 0 Å². The lowest BCUT2D eigenvalue weighted by Crippen LogP contribution is -2.27. The van der Waals surface area contributed by atoms with Crippen LogP contribution in [0.2, 0.25) is 0 Å². The highest BCUT2D eigenvalue weighted by atomic mass is 16.5. The minimum Gasteiger partial charge on any atom is -0.493 e. The molecular weight excluding hydrogens is 210 g/mol. The van der Waals surface area contributed by atoms with Gasteiger partial charge in [0.05, 0.1) is 6.61 Å². The first-order valence-electron chi connectivity index (χ1n) is 6.38. The van der Waals surface area contributed by atoms with Crippen LogP contribution < -0.4 is 10.1 Å². The zero-order valence-corrected chi connectivity index (χ0v) is 10.5. The molecule has 0 fully saturated rings. The molecule has 0 bridgehead atoms. The molecule has 0 aromatic heterocycles. The second kappa shape index (κ2) is 5.87. The van der Waals surface area contributed by atoms with E-state index in [2.05, 4.69) is 37.0 Å². The number of rotatable bonds is 6. The monoisotopic (exact) mass is 231 g/mol. The highest BCUT2D eigenvalue weighted by Gasteiger charge is 2.11. The maximum absolute atomic E-state index is 5.50. The number of hydrogen-bond donors (Lipinski definition) is 1. The van der Waals surface area contributed by atoms with Crippen LogP contribution in [0.3, 0.4) is 0 Å². The van der Waals surface area contributed by atoms with Crippen LogP contribution in [0, 0.1) is 0 Å². The molecule has 0 spiro atoms. The molecule has 0 saturated carbocycles. The van der Waals surface area contributed by atoms with Crippen molar-refractivity contribution in [1.29, 1.82) is 0 Å². The average molecular weight is 231 g/mol. The van der Waals surface area contributed by atoms with E-state index in [-0.39, 0.29) is 0 Å². The Balaban J connectivity index is 1.81. The second-order valence-electron chi connectivity index (χ2n) is 4.67. The summed E-state index contributed by atoms with van der Waals surface area (Å²) in [6.07, 6.45) is 5.13. The molecule has 1 aliphatic rings. The summed E-state index contributed by atoms with van der Waals surface area (Å²) in [5, 5.41) is 3.50. The first-order valence-corrected chi connectivity index (χ1v) is 6.38. The Bertz CT molecular complexity index is 387. The highest BCUT2D eigenvalue weighted by Crippen LogP contribution is 2.25. The van der Waals surface area contributed by atoms with Gasteiger partial charge in [-0.2, -0.15) is 0 Å². The molecule has 1 aromatic carbocycles. The van der Waals surface area contributed by atoms with Gasteiger partial charge in [0.2, 0.25) is 0 Å². The third-order valence-electron chi connectivity index (χ3n) is 3.18. The Morgan fingerprint density at radius 2 is 2.41 bits per heavy atom. The van der Waals surface area contributed by atoms with Crippen LogP contribution in [0.4, 0.5) is 0 Å². The number of hydrogen-bond acceptors (Lipinski definition) is 2. The van der Waals surface area contributed by atoms with Crippen molar-refractivity contribution in [3.8, 4) is 5.75 Å². The molecule has 1 atom stereocenters. The lowest BCUT2D eigenvalue weighted by Gasteiger charge is -2.11. The van der Waals surface area contributed by atoms with Crippen LogP contribution in [0.15, 0.2) is 30.9 Å². The molecule has 1 heterocycles. The second-order valence-corrected chi connectivity index (χ2v) is 4.67. The van der Waals surface area contributed by atoms with Gasteiger partial charge in [-0.1, -0.05) is 18.2 Å². The van der Waals surface area contributed by atoms with Crippen molar-refractivity contribution in [3.05, 3.63) is 42.0 Å². The van der Waals surface area contributed by atoms with Crippen LogP contribution in [0.25, 0.3) is 0 Å². The van der Waals surface area contributed by atoms with Gasteiger partial charge >= 0.3 is 0 Å². The predicted octanol–water partition coefficient (Wildman–Crippen LogP) is 2.72. The Kier molecular flexibility index (Phi) is 4.21. The van der Waals surface area contributed by atoms with E-state index in [9.17, 15) is 0 Å². The maximum Gasteiger partial charge on any atom is 0.122 e. The summed E-state index contributed by atoms with van der Waals surface area (Å²) in [6, 6.07) is 7.07. The number of ether oxygens (including phenoxy) is 1. The molecule has 1 aliphatic heterocycles. The summed E-state index contributed by atoms with van der Waals surface area (Å²) in [7, 11) is 0. The van der Waals surface area contributed by atoms with Crippen molar-refractivity contribution in [2.45, 2.75) is 32.2 Å². The summed E-state index contributed by atoms with van der Waals surface area (Å²) < 4.78 is 5.50. The fourth-order valence-electron chi connectivity index (χ4n) is 2.19. The van der Waals surface area contributed by atoms with Crippen molar-refractivity contribution < 1.29 is 4.74 Å². The quantitative estimate of drug-likeness (QED) is 0.760. The molecule has 0 saturated heterocycles. The largest absolute Gasteiger partial charge is 0.493 e. The van der Waals surface area contributed by atoms with Crippen LogP contribution in [-0.2, 0) is 12.8 Å². The van der Waals surface area contributed by atoms with Crippen molar-refractivity contribution in [3.63, 3.8) is 0 Å². The molecule has 2 heteroatoms. The number of benzene rings is 1. The van der Waals surface area contributed by atoms with Crippen molar-refractivity contribution in [2.24, 2.45) is 0 Å². The van der Waals surface area contributed by atoms with Gasteiger partial charge in [-0.3, -0.25) is 0 Å². The zero-order chi connectivity index (χ0) is 12.1. The topological polar surface area (TPSA) is 21.3 Å². The molecule has 1 aromatic rings. The highest BCUT2D eigenvalue weighted by molar-refractivity contribution is 5.39. The van der Waals surface area contributed by atoms with Crippen LogP contribution in [0.1, 0.15) is 24.5 Å². The molecule has 0 radical (unpaired) electrons. The van der Waals surface area contributed by atoms with Gasteiger partial charge in [0, 0.05) is 12.5 Å². The molecule has 0 amide bonds. The third-order valence-corrected chi connectivity index (χ3v) is 3.18. The van der Waals surface area contributed by atoms with E-state index in [1.165, 1.54) is 11.1 Å². The number of nitrogens with one attached hydrogen (secondary N) is 1. The summed E-state index contributed by atoms with van der Waals surface area (Å²) in [5.74, 6) is 1.07. The summed E-state index contributed by atoms with van der Waals surface area (Å²) in [5.41, 5.74) is 2.76. The van der Waals surface area contributed by atoms with Crippen LogP contribution in [0.5, 0.6) is 5.75 Å². The Morgan fingerprint density at radius 1 is 1.53 bits per heavy atom. The maximum atomic E-state index is 5.50. The van der Waals surface area contributed by atoms with Gasteiger partial charge in [-0.05, 0) is 43.5 Å². The summed E-state index contributed by atoms with van der Waals surface area (Å²) >= 11 is 0. The minimum absolute atomic E-state index is 0.519. The number of fused-ring (bicyclic) bond motifs is 1. The van der Waals surface area contributed by atoms with E-state index < -0.39 is 0 Å². The molecule has 17 heavy (non-hydrogen) atoms. The first-order chi connectivity index (χ1) is 8.29. The molecule has 0 aliphatic carbocycles. The predicted molar refractivity (Wildman–Crippen MR) is 71.6 cm³/mol. The van der Waals surface area contributed by atoms with Gasteiger partial charge in [0.1, 0.15) is 5.75 Å². The van der Waals surface area contributed by atoms with Crippen LogP contribution in [-0.4, -0.2) is 19.2 Å². The van der Waals surface area contributed by atoms with Crippen molar-refractivity contribution in [1.82, 2.24) is 5.32 Å². The Hall–Kier alpha value is -1.28. The summed E-state index contributed by atoms with van der Waals surface area (Å²) in [4.78, 5) is 0. The molecule has 2 rings (SSSR count). The normalized spacial score (nSPS) is 15.1. The van der Waals surface area contributed by atoms with Gasteiger partial charge in [0.25, 0.3) is 0 Å². The van der Waals surface area contributed by atoms with E-state index in [1.807, 2.05) is 6.08 Å². The Morgan fingerprint density at radius 3 is 3.24 bits per heavy atom. The fraction of sp³-hybridized carbons (Fsp3) is 0.467. The van der Waals surface area contributed by atoms with Crippen LogP contribution >= 0.6 is 0 Å². The Labute approximate surface area is 104 Å². The molecule has 2 nitrogen and oxygen atoms in total. The molecule has 1 unspecified atom stereocenters. The smallest absolute Gasteiger partial charge is 0.122 e. The lowest BCUT2D eigenvalue weighted by atomic mass is 10.1. The fourth-order valence-corrected chi connectivity index (χ4v) is 2.19.